The van der Waals surface area contributed by atoms with Gasteiger partial charge in [-0.25, -0.2) is 15.0 Å². The summed E-state index contributed by atoms with van der Waals surface area (Å²) in [6, 6.07) is 45.9. The van der Waals surface area contributed by atoms with E-state index < -0.39 is 11.7 Å². The number of fused-ring (bicyclic) bond motifs is 10. The van der Waals surface area contributed by atoms with E-state index in [9.17, 15) is 0 Å². The highest BCUT2D eigenvalue weighted by atomic mass is 19.4. The SMILES string of the molecule is FC(F)(F)c1cc(-c2nc(-c3ccccc3)nc(-c3ccccc3)n2)c2oc3ccccc3c2c1-n1c2ccccc2c2c3c(ccc21)oc1ccccc13. The van der Waals surface area contributed by atoms with Crippen molar-refractivity contribution >= 4 is 65.7 Å². The number of hydrogen-bond donors (Lipinski definition) is 0. The quantitative estimate of drug-likeness (QED) is 0.181. The van der Waals surface area contributed by atoms with Crippen molar-refractivity contribution in [1.29, 1.82) is 0 Å². The second kappa shape index (κ2) is 11.6. The van der Waals surface area contributed by atoms with Gasteiger partial charge in [-0.3, -0.25) is 0 Å². The standard InChI is InChI=1S/C46H25F3N4O2/c47-46(48,49)32-25-31(45-51-43(26-13-3-1-4-14-26)50-44(52-45)27-15-5-2-6-16-27)42-40(30-19-9-12-22-36(30)55-42)41(32)53-33-20-10-7-17-28(33)38-34(53)23-24-37-39(38)29-18-8-11-21-35(29)54-37/h1-25H. The second-order valence-corrected chi connectivity index (χ2v) is 13.4. The lowest BCUT2D eigenvalue weighted by Crippen LogP contribution is -2.12. The maximum Gasteiger partial charge on any atom is 0.418 e. The van der Waals surface area contributed by atoms with Crippen LogP contribution in [0.4, 0.5) is 13.2 Å². The van der Waals surface area contributed by atoms with Crippen molar-refractivity contribution in [2.45, 2.75) is 6.18 Å². The molecule has 0 atom stereocenters. The Kier molecular flexibility index (Phi) is 6.61. The van der Waals surface area contributed by atoms with E-state index in [1.165, 1.54) is 0 Å². The van der Waals surface area contributed by atoms with Crippen LogP contribution in [0.1, 0.15) is 5.56 Å². The van der Waals surface area contributed by atoms with Gasteiger partial charge in [0.25, 0.3) is 0 Å². The predicted octanol–water partition coefficient (Wildman–Crippen LogP) is 12.8. The molecule has 0 radical (unpaired) electrons. The van der Waals surface area contributed by atoms with E-state index >= 15 is 13.2 Å². The van der Waals surface area contributed by atoms with E-state index in [0.29, 0.717) is 61.3 Å². The van der Waals surface area contributed by atoms with Crippen LogP contribution in [0.3, 0.4) is 0 Å². The molecule has 55 heavy (non-hydrogen) atoms. The molecule has 262 valence electrons. The van der Waals surface area contributed by atoms with Crippen LogP contribution in [-0.4, -0.2) is 19.5 Å². The largest absolute Gasteiger partial charge is 0.456 e. The Morgan fingerprint density at radius 3 is 1.65 bits per heavy atom. The summed E-state index contributed by atoms with van der Waals surface area (Å²) in [5, 5.41) is 4.14. The number of furan rings is 2. The number of hydrogen-bond acceptors (Lipinski definition) is 5. The van der Waals surface area contributed by atoms with Gasteiger partial charge in [0.05, 0.1) is 33.2 Å². The molecule has 0 aliphatic heterocycles. The van der Waals surface area contributed by atoms with Gasteiger partial charge in [-0.15, -0.1) is 0 Å². The summed E-state index contributed by atoms with van der Waals surface area (Å²) >= 11 is 0. The molecule has 0 fully saturated rings. The lowest BCUT2D eigenvalue weighted by molar-refractivity contribution is -0.137. The zero-order valence-corrected chi connectivity index (χ0v) is 28.7. The molecule has 9 heteroatoms. The van der Waals surface area contributed by atoms with Crippen molar-refractivity contribution in [2.24, 2.45) is 0 Å². The van der Waals surface area contributed by atoms with Crippen molar-refractivity contribution in [3.8, 4) is 39.9 Å². The van der Waals surface area contributed by atoms with Crippen LogP contribution in [-0.2, 0) is 6.18 Å². The molecule has 0 aliphatic carbocycles. The molecule has 0 saturated heterocycles. The molecule has 6 nitrogen and oxygen atoms in total. The highest BCUT2D eigenvalue weighted by molar-refractivity contribution is 6.28. The molecule has 0 aliphatic rings. The normalized spacial score (nSPS) is 12.3. The van der Waals surface area contributed by atoms with Crippen molar-refractivity contribution < 1.29 is 22.0 Å². The van der Waals surface area contributed by atoms with Gasteiger partial charge >= 0.3 is 6.18 Å². The van der Waals surface area contributed by atoms with Crippen molar-refractivity contribution in [3.63, 3.8) is 0 Å². The molecule has 0 saturated carbocycles. The summed E-state index contributed by atoms with van der Waals surface area (Å²) < 4.78 is 62.4. The summed E-state index contributed by atoms with van der Waals surface area (Å²) in [7, 11) is 0. The minimum Gasteiger partial charge on any atom is -0.456 e. The monoisotopic (exact) mass is 722 g/mol. The fourth-order valence-corrected chi connectivity index (χ4v) is 7.94. The fraction of sp³-hybridized carbons (Fsp3) is 0.0217. The Hall–Kier alpha value is -7.26. The molecule has 11 aromatic rings. The summed E-state index contributed by atoms with van der Waals surface area (Å²) in [4.78, 5) is 14.4. The zero-order valence-electron chi connectivity index (χ0n) is 28.7. The van der Waals surface area contributed by atoms with Crippen LogP contribution < -0.4 is 0 Å². The van der Waals surface area contributed by atoms with Crippen LogP contribution in [0.25, 0.3) is 106 Å². The number of nitrogens with zero attached hydrogens (tertiary/aromatic N) is 4. The Morgan fingerprint density at radius 1 is 0.455 bits per heavy atom. The first-order valence-corrected chi connectivity index (χ1v) is 17.7. The van der Waals surface area contributed by atoms with E-state index in [-0.39, 0.29) is 22.7 Å². The summed E-state index contributed by atoms with van der Waals surface area (Å²) in [6.45, 7) is 0. The highest BCUT2D eigenvalue weighted by Gasteiger charge is 2.39. The third kappa shape index (κ3) is 4.72. The number of alkyl halides is 3. The van der Waals surface area contributed by atoms with E-state index in [0.717, 1.165) is 27.6 Å². The van der Waals surface area contributed by atoms with Crippen molar-refractivity contribution in [2.75, 3.05) is 0 Å². The number of benzene rings is 7. The van der Waals surface area contributed by atoms with Gasteiger partial charge in [0.15, 0.2) is 17.5 Å². The first-order valence-electron chi connectivity index (χ1n) is 17.7. The summed E-state index contributed by atoms with van der Waals surface area (Å²) in [5.41, 5.74) is 3.81. The van der Waals surface area contributed by atoms with Crippen LogP contribution in [0.15, 0.2) is 160 Å². The fourth-order valence-electron chi connectivity index (χ4n) is 7.94. The summed E-state index contributed by atoms with van der Waals surface area (Å²) in [5.74, 6) is 0.706. The molecular weight excluding hydrogens is 698 g/mol. The molecule has 7 aromatic carbocycles. The number of aromatic nitrogens is 4. The van der Waals surface area contributed by atoms with Crippen LogP contribution in [0.2, 0.25) is 0 Å². The molecule has 0 bridgehead atoms. The Bertz CT molecular complexity index is 3250. The molecule has 11 rings (SSSR count). The average molecular weight is 723 g/mol. The average Bonchev–Trinajstić information content (AvgIpc) is 3.90. The Morgan fingerprint density at radius 2 is 1.00 bits per heavy atom. The number of para-hydroxylation sites is 3. The summed E-state index contributed by atoms with van der Waals surface area (Å²) in [6.07, 6.45) is -4.81. The minimum atomic E-state index is -4.81. The topological polar surface area (TPSA) is 69.9 Å². The van der Waals surface area contributed by atoms with Crippen molar-refractivity contribution in [3.05, 3.63) is 157 Å². The maximum atomic E-state index is 16.0. The van der Waals surface area contributed by atoms with Crippen LogP contribution >= 0.6 is 0 Å². The van der Waals surface area contributed by atoms with Gasteiger partial charge < -0.3 is 13.4 Å². The van der Waals surface area contributed by atoms with Gasteiger partial charge in [-0.1, -0.05) is 115 Å². The first-order chi connectivity index (χ1) is 26.9. The van der Waals surface area contributed by atoms with Crippen molar-refractivity contribution in [1.82, 2.24) is 19.5 Å². The maximum absolute atomic E-state index is 16.0. The van der Waals surface area contributed by atoms with Gasteiger partial charge in [0.1, 0.15) is 22.3 Å². The molecule has 0 amide bonds. The lowest BCUT2D eigenvalue weighted by Gasteiger charge is -2.19. The van der Waals surface area contributed by atoms with Gasteiger partial charge in [0, 0.05) is 38.1 Å². The first kappa shape index (κ1) is 31.3. The molecule has 0 unspecified atom stereocenters. The predicted molar refractivity (Wildman–Crippen MR) is 210 cm³/mol. The van der Waals surface area contributed by atoms with E-state index in [2.05, 4.69) is 0 Å². The van der Waals surface area contributed by atoms with Crippen LogP contribution in [0, 0.1) is 0 Å². The van der Waals surface area contributed by atoms with E-state index in [4.69, 9.17) is 23.8 Å². The molecule has 4 aromatic heterocycles. The third-order valence-electron chi connectivity index (χ3n) is 10.3. The van der Waals surface area contributed by atoms with E-state index in [1.54, 1.807) is 28.8 Å². The number of rotatable bonds is 4. The van der Waals surface area contributed by atoms with Gasteiger partial charge in [-0.2, -0.15) is 13.2 Å². The zero-order chi connectivity index (χ0) is 36.8. The Labute approximate surface area is 309 Å². The molecule has 0 spiro atoms. The highest BCUT2D eigenvalue weighted by Crippen LogP contribution is 2.49. The molecular formula is C46H25F3N4O2. The molecule has 0 N–H and O–H groups in total. The van der Waals surface area contributed by atoms with Crippen LogP contribution in [0.5, 0.6) is 0 Å². The molecule has 4 heterocycles. The van der Waals surface area contributed by atoms with E-state index in [1.807, 2.05) is 121 Å². The number of halogens is 3. The minimum absolute atomic E-state index is 0.0461. The lowest BCUT2D eigenvalue weighted by atomic mass is 9.99. The smallest absolute Gasteiger partial charge is 0.418 e. The third-order valence-corrected chi connectivity index (χ3v) is 10.3. The van der Waals surface area contributed by atoms with Gasteiger partial charge in [0.2, 0.25) is 0 Å². The Balaban J connectivity index is 1.30. The second-order valence-electron chi connectivity index (χ2n) is 13.4. The van der Waals surface area contributed by atoms with Gasteiger partial charge in [-0.05, 0) is 36.4 Å².